The third-order valence-electron chi connectivity index (χ3n) is 5.12. The number of benzene rings is 1. The van der Waals surface area contributed by atoms with Gasteiger partial charge in [0.25, 0.3) is 5.91 Å². The zero-order valence-corrected chi connectivity index (χ0v) is 19.5. The van der Waals surface area contributed by atoms with E-state index in [0.717, 1.165) is 23.1 Å². The number of carbonyl (C=O) groups excluding carboxylic acids is 1. The van der Waals surface area contributed by atoms with Gasteiger partial charge in [0.2, 0.25) is 0 Å². The molecule has 0 bridgehead atoms. The van der Waals surface area contributed by atoms with Crippen LogP contribution in [-0.4, -0.2) is 34.8 Å². The van der Waals surface area contributed by atoms with E-state index in [1.165, 1.54) is 5.56 Å². The Kier molecular flexibility index (Phi) is 6.15. The maximum absolute atomic E-state index is 12.9. The van der Waals surface area contributed by atoms with Crippen LogP contribution in [-0.2, 0) is 7.05 Å². The van der Waals surface area contributed by atoms with Crippen molar-refractivity contribution in [2.24, 2.45) is 7.05 Å². The fraction of sp³-hybridized carbons (Fsp3) is 0.300. The number of rotatable bonds is 4. The molecule has 3 heterocycles. The molecular weight excluding hydrogens is 524 g/mol. The van der Waals surface area contributed by atoms with Crippen LogP contribution in [0.1, 0.15) is 28.5 Å². The molecule has 2 N–H and O–H groups in total. The molecule has 1 aliphatic heterocycles. The number of furan rings is 1. The number of nitrogens with one attached hydrogen (secondary N) is 2. The van der Waals surface area contributed by atoms with Crippen LogP contribution in [0.4, 0.5) is 0 Å². The van der Waals surface area contributed by atoms with Gasteiger partial charge in [-0.1, -0.05) is 23.7 Å². The van der Waals surface area contributed by atoms with E-state index in [2.05, 4.69) is 47.6 Å². The van der Waals surface area contributed by atoms with Crippen LogP contribution in [0.3, 0.4) is 0 Å². The van der Waals surface area contributed by atoms with Gasteiger partial charge in [-0.25, -0.2) is 0 Å². The summed E-state index contributed by atoms with van der Waals surface area (Å²) in [5, 5.41) is 11.4. The van der Waals surface area contributed by atoms with Gasteiger partial charge >= 0.3 is 0 Å². The average molecular weight is 543 g/mol. The highest BCUT2D eigenvalue weighted by molar-refractivity contribution is 9.11. The minimum Gasteiger partial charge on any atom is -0.448 e. The Balaban J connectivity index is 1.55. The van der Waals surface area contributed by atoms with Gasteiger partial charge in [0.15, 0.2) is 11.5 Å². The molecule has 0 spiro atoms. The second-order valence-electron chi connectivity index (χ2n) is 6.98. The first kappa shape index (κ1) is 20.7. The first-order valence-corrected chi connectivity index (χ1v) is 11.1. The number of hydrogen-bond acceptors (Lipinski definition) is 4. The Labute approximate surface area is 190 Å². The van der Waals surface area contributed by atoms with Crippen molar-refractivity contribution in [2.75, 3.05) is 13.1 Å². The summed E-state index contributed by atoms with van der Waals surface area (Å²) in [6, 6.07) is 9.47. The van der Waals surface area contributed by atoms with Crippen molar-refractivity contribution < 1.29 is 9.21 Å². The fourth-order valence-electron chi connectivity index (χ4n) is 3.67. The van der Waals surface area contributed by atoms with E-state index in [0.29, 0.717) is 21.8 Å². The number of piperidine rings is 1. The Morgan fingerprint density at radius 3 is 2.76 bits per heavy atom. The quantitative estimate of drug-likeness (QED) is 0.500. The molecule has 1 saturated heterocycles. The number of carbonyl (C=O) groups is 1. The monoisotopic (exact) mass is 540 g/mol. The summed E-state index contributed by atoms with van der Waals surface area (Å²) in [5.74, 6) is 0.767. The number of nitrogens with zero attached hydrogens (tertiary/aromatic N) is 2. The topological polar surface area (TPSA) is 72.1 Å². The highest BCUT2D eigenvalue weighted by Crippen LogP contribution is 2.36. The predicted molar refractivity (Wildman–Crippen MR) is 119 cm³/mol. The van der Waals surface area contributed by atoms with Crippen LogP contribution in [0.25, 0.3) is 11.5 Å². The largest absolute Gasteiger partial charge is 0.448 e. The molecule has 9 heteroatoms. The van der Waals surface area contributed by atoms with E-state index in [-0.39, 0.29) is 23.6 Å². The Bertz CT molecular complexity index is 1010. The van der Waals surface area contributed by atoms with E-state index < -0.39 is 0 Å². The van der Waals surface area contributed by atoms with Crippen molar-refractivity contribution in [3.8, 4) is 11.5 Å². The minimum atomic E-state index is -0.247. The molecule has 0 unspecified atom stereocenters. The van der Waals surface area contributed by atoms with Crippen molar-refractivity contribution in [3.05, 3.63) is 61.8 Å². The molecule has 3 aromatic rings. The Morgan fingerprint density at radius 1 is 1.31 bits per heavy atom. The third-order valence-corrected chi connectivity index (χ3v) is 6.54. The van der Waals surface area contributed by atoms with Gasteiger partial charge in [-0.15, -0.1) is 0 Å². The molecule has 1 aromatic carbocycles. The lowest BCUT2D eigenvalue weighted by Crippen LogP contribution is -2.50. The van der Waals surface area contributed by atoms with E-state index in [1.807, 2.05) is 31.3 Å². The van der Waals surface area contributed by atoms with Crippen molar-refractivity contribution in [1.29, 1.82) is 0 Å². The smallest absolute Gasteiger partial charge is 0.287 e. The van der Waals surface area contributed by atoms with Gasteiger partial charge in [-0.05, 0) is 62.5 Å². The van der Waals surface area contributed by atoms with Gasteiger partial charge in [-0.3, -0.25) is 9.48 Å². The van der Waals surface area contributed by atoms with E-state index in [4.69, 9.17) is 16.0 Å². The zero-order chi connectivity index (χ0) is 20.5. The maximum atomic E-state index is 12.9. The minimum absolute atomic E-state index is 0.0480. The van der Waals surface area contributed by atoms with E-state index >= 15 is 0 Å². The number of halogens is 3. The number of amides is 1. The van der Waals surface area contributed by atoms with Crippen molar-refractivity contribution in [1.82, 2.24) is 20.4 Å². The first-order valence-electron chi connectivity index (χ1n) is 9.18. The summed E-state index contributed by atoms with van der Waals surface area (Å²) in [5.41, 5.74) is 1.93. The highest BCUT2D eigenvalue weighted by atomic mass is 79.9. The van der Waals surface area contributed by atoms with Crippen LogP contribution >= 0.6 is 43.5 Å². The lowest BCUT2D eigenvalue weighted by molar-refractivity contribution is 0.0897. The zero-order valence-electron chi connectivity index (χ0n) is 15.6. The van der Waals surface area contributed by atoms with Gasteiger partial charge in [0.05, 0.1) is 15.1 Å². The second-order valence-corrected chi connectivity index (χ2v) is 9.13. The Morgan fingerprint density at radius 2 is 2.07 bits per heavy atom. The van der Waals surface area contributed by atoms with Crippen LogP contribution in [0.15, 0.2) is 49.9 Å². The second kappa shape index (κ2) is 8.63. The van der Waals surface area contributed by atoms with Crippen LogP contribution < -0.4 is 10.6 Å². The van der Waals surface area contributed by atoms with Crippen molar-refractivity contribution in [2.45, 2.75) is 18.4 Å². The number of aromatic nitrogens is 2. The number of aryl methyl sites for hydroxylation is 1. The molecule has 1 fully saturated rings. The molecule has 4 rings (SSSR count). The molecule has 1 amide bonds. The molecule has 2 aromatic heterocycles. The fourth-order valence-corrected chi connectivity index (χ4v) is 4.80. The molecule has 6 nitrogen and oxygen atoms in total. The lowest BCUT2D eigenvalue weighted by Gasteiger charge is -2.33. The first-order chi connectivity index (χ1) is 13.9. The normalized spacial score (nSPS) is 19.3. The summed E-state index contributed by atoms with van der Waals surface area (Å²) >= 11 is 13.0. The number of hydrogen-bond donors (Lipinski definition) is 2. The molecule has 2 atom stereocenters. The highest BCUT2D eigenvalue weighted by Gasteiger charge is 2.29. The molecule has 152 valence electrons. The summed E-state index contributed by atoms with van der Waals surface area (Å²) < 4.78 is 9.07. The maximum Gasteiger partial charge on any atom is 0.287 e. The average Bonchev–Trinajstić information content (AvgIpc) is 3.24. The van der Waals surface area contributed by atoms with Crippen LogP contribution in [0.2, 0.25) is 5.02 Å². The molecule has 0 aliphatic carbocycles. The van der Waals surface area contributed by atoms with E-state index in [1.54, 1.807) is 16.9 Å². The van der Waals surface area contributed by atoms with Gasteiger partial charge in [0, 0.05) is 36.6 Å². The lowest BCUT2D eigenvalue weighted by atomic mass is 9.86. The van der Waals surface area contributed by atoms with Gasteiger partial charge in [-0.2, -0.15) is 5.10 Å². The third kappa shape index (κ3) is 4.30. The van der Waals surface area contributed by atoms with E-state index in [9.17, 15) is 4.79 Å². The summed E-state index contributed by atoms with van der Waals surface area (Å²) in [6.07, 6.45) is 2.62. The summed E-state index contributed by atoms with van der Waals surface area (Å²) in [7, 11) is 1.82. The SMILES string of the molecule is Cn1ncc(Br)c1-c1oc(C(=O)N[C@@H]2CNCC[C@H]2c2ccc(Cl)cc2)cc1Br. The van der Waals surface area contributed by atoms with Crippen LogP contribution in [0.5, 0.6) is 0 Å². The standard InChI is InChI=1S/C20H19Br2ClN4O2/c1-27-18(15(22)9-25-27)19-14(21)8-17(29-19)20(28)26-16-10-24-7-6-13(16)11-2-4-12(23)5-3-11/h2-5,8-9,13,16,24H,6-7,10H2,1H3,(H,26,28)/t13-,16+/m0/s1. The predicted octanol–water partition coefficient (Wildman–Crippen LogP) is 4.73. The molecule has 0 saturated carbocycles. The Hall–Kier alpha value is -1.61. The van der Waals surface area contributed by atoms with Crippen LogP contribution in [0, 0.1) is 0 Å². The summed E-state index contributed by atoms with van der Waals surface area (Å²) in [6.45, 7) is 1.60. The van der Waals surface area contributed by atoms with Crippen molar-refractivity contribution in [3.63, 3.8) is 0 Å². The molecule has 0 radical (unpaired) electrons. The molecular formula is C20H19Br2ClN4O2. The van der Waals surface area contributed by atoms with Crippen molar-refractivity contribution >= 4 is 49.4 Å². The molecule has 29 heavy (non-hydrogen) atoms. The van der Waals surface area contributed by atoms with Gasteiger partial charge in [0.1, 0.15) is 5.69 Å². The molecule has 1 aliphatic rings. The van der Waals surface area contributed by atoms with Gasteiger partial charge < -0.3 is 15.1 Å². The summed E-state index contributed by atoms with van der Waals surface area (Å²) in [4.78, 5) is 12.9.